The summed E-state index contributed by atoms with van der Waals surface area (Å²) in [6.45, 7) is 7.23. The van der Waals surface area contributed by atoms with Gasteiger partial charge < -0.3 is 14.9 Å². The van der Waals surface area contributed by atoms with Crippen LogP contribution in [-0.2, 0) is 13.1 Å². The summed E-state index contributed by atoms with van der Waals surface area (Å²) in [4.78, 5) is 7.52. The van der Waals surface area contributed by atoms with E-state index in [0.717, 1.165) is 25.5 Å². The molecule has 0 saturated heterocycles. The number of nitrogens with zero attached hydrogens (tertiary/aromatic N) is 2. The molecular formula is C17H22N4. The first kappa shape index (κ1) is 13.9. The molecule has 0 aliphatic carbocycles. The summed E-state index contributed by atoms with van der Waals surface area (Å²) in [5.74, 6) is 1.65. The Morgan fingerprint density at radius 3 is 3.05 bits per heavy atom. The Morgan fingerprint density at radius 2 is 2.24 bits per heavy atom. The number of hydrogen-bond donors (Lipinski definition) is 2. The van der Waals surface area contributed by atoms with Gasteiger partial charge in [-0.1, -0.05) is 19.1 Å². The second-order valence-electron chi connectivity index (χ2n) is 5.72. The van der Waals surface area contributed by atoms with Crippen molar-refractivity contribution in [2.75, 3.05) is 6.54 Å². The molecule has 4 nitrogen and oxygen atoms in total. The van der Waals surface area contributed by atoms with Crippen LogP contribution in [0.25, 0.3) is 10.9 Å². The Labute approximate surface area is 125 Å². The minimum absolute atomic E-state index is 0.573. The third-order valence-electron chi connectivity index (χ3n) is 3.93. The molecule has 0 saturated carbocycles. The normalized spacial score (nSPS) is 12.9. The third kappa shape index (κ3) is 3.16. The molecule has 3 aromatic rings. The lowest BCUT2D eigenvalue weighted by Crippen LogP contribution is -2.24. The molecule has 21 heavy (non-hydrogen) atoms. The summed E-state index contributed by atoms with van der Waals surface area (Å²) in [6, 6.07) is 8.55. The van der Waals surface area contributed by atoms with Crippen molar-refractivity contribution in [3.05, 3.63) is 54.2 Å². The van der Waals surface area contributed by atoms with Crippen molar-refractivity contribution in [3.8, 4) is 0 Å². The first-order valence-electron chi connectivity index (χ1n) is 7.47. The number of H-pyrrole nitrogens is 1. The number of aryl methyl sites for hydroxylation is 1. The Hall–Kier alpha value is -2.07. The second kappa shape index (κ2) is 6.14. The second-order valence-corrected chi connectivity index (χ2v) is 5.72. The van der Waals surface area contributed by atoms with Crippen molar-refractivity contribution in [1.82, 2.24) is 19.9 Å². The predicted octanol–water partition coefficient (Wildman–Crippen LogP) is 3.10. The zero-order chi connectivity index (χ0) is 14.7. The van der Waals surface area contributed by atoms with E-state index in [4.69, 9.17) is 0 Å². The fourth-order valence-electron chi connectivity index (χ4n) is 2.75. The SMILES string of the molecule is Cc1nccn1CC(C)CNCc1cccc2[nH]ccc12. The Kier molecular flexibility index (Phi) is 4.06. The van der Waals surface area contributed by atoms with Gasteiger partial charge in [-0.15, -0.1) is 0 Å². The van der Waals surface area contributed by atoms with E-state index >= 15 is 0 Å². The van der Waals surface area contributed by atoms with Crippen LogP contribution in [0.4, 0.5) is 0 Å². The maximum absolute atomic E-state index is 4.26. The van der Waals surface area contributed by atoms with Gasteiger partial charge in [0.25, 0.3) is 0 Å². The molecule has 1 unspecified atom stereocenters. The summed E-state index contributed by atoms with van der Waals surface area (Å²) < 4.78 is 2.21. The van der Waals surface area contributed by atoms with Gasteiger partial charge in [0.2, 0.25) is 0 Å². The fraction of sp³-hybridized carbons (Fsp3) is 0.353. The maximum Gasteiger partial charge on any atom is 0.105 e. The van der Waals surface area contributed by atoms with Gasteiger partial charge in [0.15, 0.2) is 0 Å². The quantitative estimate of drug-likeness (QED) is 0.729. The maximum atomic E-state index is 4.26. The van der Waals surface area contributed by atoms with Crippen molar-refractivity contribution < 1.29 is 0 Å². The zero-order valence-electron chi connectivity index (χ0n) is 12.6. The average molecular weight is 282 g/mol. The summed E-state index contributed by atoms with van der Waals surface area (Å²) in [5.41, 5.74) is 2.55. The number of aromatic amines is 1. The minimum Gasteiger partial charge on any atom is -0.361 e. The van der Waals surface area contributed by atoms with E-state index in [2.05, 4.69) is 51.0 Å². The highest BCUT2D eigenvalue weighted by Crippen LogP contribution is 2.17. The lowest BCUT2D eigenvalue weighted by Gasteiger charge is -2.14. The van der Waals surface area contributed by atoms with Gasteiger partial charge >= 0.3 is 0 Å². The molecule has 0 fully saturated rings. The Morgan fingerprint density at radius 1 is 1.33 bits per heavy atom. The number of nitrogens with one attached hydrogen (secondary N) is 2. The van der Waals surface area contributed by atoms with E-state index < -0.39 is 0 Å². The summed E-state index contributed by atoms with van der Waals surface area (Å²) in [5, 5.41) is 4.88. The largest absolute Gasteiger partial charge is 0.361 e. The van der Waals surface area contributed by atoms with Crippen molar-refractivity contribution in [2.45, 2.75) is 26.9 Å². The molecule has 0 spiro atoms. The van der Waals surface area contributed by atoms with Gasteiger partial charge in [0.1, 0.15) is 5.82 Å². The molecule has 2 N–H and O–H groups in total. The van der Waals surface area contributed by atoms with Gasteiger partial charge in [0.05, 0.1) is 0 Å². The molecule has 4 heteroatoms. The monoisotopic (exact) mass is 282 g/mol. The van der Waals surface area contributed by atoms with Crippen molar-refractivity contribution >= 4 is 10.9 Å². The van der Waals surface area contributed by atoms with Gasteiger partial charge in [-0.2, -0.15) is 0 Å². The lowest BCUT2D eigenvalue weighted by atomic mass is 10.1. The van der Waals surface area contributed by atoms with Gasteiger partial charge in [-0.05, 0) is 37.1 Å². The summed E-state index contributed by atoms with van der Waals surface area (Å²) in [6.07, 6.45) is 5.91. The van der Waals surface area contributed by atoms with Gasteiger partial charge in [0, 0.05) is 42.6 Å². The van der Waals surface area contributed by atoms with Crippen LogP contribution < -0.4 is 5.32 Å². The van der Waals surface area contributed by atoms with Crippen molar-refractivity contribution in [3.63, 3.8) is 0 Å². The topological polar surface area (TPSA) is 45.6 Å². The molecule has 0 bridgehead atoms. The van der Waals surface area contributed by atoms with Crippen LogP contribution in [0.5, 0.6) is 0 Å². The van der Waals surface area contributed by atoms with E-state index in [1.165, 1.54) is 16.5 Å². The molecule has 2 heterocycles. The van der Waals surface area contributed by atoms with Crippen molar-refractivity contribution in [2.24, 2.45) is 5.92 Å². The Balaban J connectivity index is 1.54. The zero-order valence-corrected chi connectivity index (χ0v) is 12.6. The average Bonchev–Trinajstić information content (AvgIpc) is 3.09. The van der Waals surface area contributed by atoms with Crippen LogP contribution in [0, 0.1) is 12.8 Å². The molecule has 0 radical (unpaired) electrons. The molecule has 0 aliphatic heterocycles. The number of fused-ring (bicyclic) bond motifs is 1. The molecular weight excluding hydrogens is 260 g/mol. The van der Waals surface area contributed by atoms with Crippen LogP contribution in [0.3, 0.4) is 0 Å². The fourth-order valence-corrected chi connectivity index (χ4v) is 2.75. The number of benzene rings is 1. The van der Waals surface area contributed by atoms with Crippen LogP contribution in [0.2, 0.25) is 0 Å². The first-order chi connectivity index (χ1) is 10.2. The number of rotatable bonds is 6. The van der Waals surface area contributed by atoms with E-state index in [1.54, 1.807) is 0 Å². The summed E-state index contributed by atoms with van der Waals surface area (Å²) in [7, 11) is 0. The molecule has 0 amide bonds. The minimum atomic E-state index is 0.573. The van der Waals surface area contributed by atoms with Gasteiger partial charge in [-0.25, -0.2) is 4.98 Å². The molecule has 1 aromatic carbocycles. The van der Waals surface area contributed by atoms with E-state index in [-0.39, 0.29) is 0 Å². The Bertz CT molecular complexity index is 710. The standard InChI is InChI=1S/C17H22N4/c1-13(12-21-9-8-19-14(21)2)10-18-11-15-4-3-5-17-16(15)6-7-20-17/h3-9,13,18,20H,10-12H2,1-2H3. The summed E-state index contributed by atoms with van der Waals surface area (Å²) >= 11 is 0. The van der Waals surface area contributed by atoms with Crippen LogP contribution in [-0.4, -0.2) is 21.1 Å². The van der Waals surface area contributed by atoms with E-state index in [1.807, 2.05) is 25.5 Å². The molecule has 2 aromatic heterocycles. The van der Waals surface area contributed by atoms with Crippen LogP contribution in [0.15, 0.2) is 42.9 Å². The van der Waals surface area contributed by atoms with Crippen LogP contribution >= 0.6 is 0 Å². The molecule has 3 rings (SSSR count). The van der Waals surface area contributed by atoms with E-state index in [0.29, 0.717) is 5.92 Å². The van der Waals surface area contributed by atoms with Crippen molar-refractivity contribution in [1.29, 1.82) is 0 Å². The van der Waals surface area contributed by atoms with Gasteiger partial charge in [-0.3, -0.25) is 0 Å². The third-order valence-corrected chi connectivity index (χ3v) is 3.93. The predicted molar refractivity (Wildman–Crippen MR) is 86.1 cm³/mol. The number of hydrogen-bond acceptors (Lipinski definition) is 2. The highest BCUT2D eigenvalue weighted by molar-refractivity contribution is 5.82. The number of imidazole rings is 1. The smallest absolute Gasteiger partial charge is 0.105 e. The molecule has 110 valence electrons. The molecule has 0 aliphatic rings. The lowest BCUT2D eigenvalue weighted by molar-refractivity contribution is 0.440. The molecule has 1 atom stereocenters. The number of aromatic nitrogens is 3. The first-order valence-corrected chi connectivity index (χ1v) is 7.47. The van der Waals surface area contributed by atoms with E-state index in [9.17, 15) is 0 Å². The highest BCUT2D eigenvalue weighted by atomic mass is 15.1. The highest BCUT2D eigenvalue weighted by Gasteiger charge is 2.06. The van der Waals surface area contributed by atoms with Crippen LogP contribution in [0.1, 0.15) is 18.3 Å².